The van der Waals surface area contributed by atoms with E-state index in [0.717, 1.165) is 9.05 Å². The van der Waals surface area contributed by atoms with Gasteiger partial charge < -0.3 is 4.90 Å². The molecule has 0 spiro atoms. The number of halogens is 1. The van der Waals surface area contributed by atoms with Crippen molar-refractivity contribution in [1.29, 1.82) is 0 Å². The Kier molecular flexibility index (Phi) is 9.01. The van der Waals surface area contributed by atoms with Crippen LogP contribution in [0.25, 0.3) is 0 Å². The number of anilines is 1. The summed E-state index contributed by atoms with van der Waals surface area (Å²) in [7, 11) is 0. The molecule has 4 rings (SSSR count). The summed E-state index contributed by atoms with van der Waals surface area (Å²) < 4.78 is 0.757. The molecule has 0 aromatic carbocycles. The second-order valence-electron chi connectivity index (χ2n) is 8.10. The highest BCUT2D eigenvalue weighted by Gasteiger charge is 2.31. The van der Waals surface area contributed by atoms with Crippen LogP contribution in [0.15, 0.2) is 14.7 Å². The van der Waals surface area contributed by atoms with Gasteiger partial charge in [0, 0.05) is 36.7 Å². The minimum absolute atomic E-state index is 0.0111. The van der Waals surface area contributed by atoms with Gasteiger partial charge in [-0.1, -0.05) is 38.5 Å². The van der Waals surface area contributed by atoms with Gasteiger partial charge in [-0.3, -0.25) is 9.59 Å². The molecule has 0 bridgehead atoms. The van der Waals surface area contributed by atoms with Crippen molar-refractivity contribution < 1.29 is 9.59 Å². The van der Waals surface area contributed by atoms with Crippen LogP contribution in [0.1, 0.15) is 99.0 Å². The molecule has 2 heterocycles. The number of rotatable bonds is 5. The molecule has 0 aliphatic heterocycles. The van der Waals surface area contributed by atoms with Crippen LogP contribution in [0.5, 0.6) is 0 Å². The van der Waals surface area contributed by atoms with Crippen molar-refractivity contribution >= 4 is 55.3 Å². The molecular weight excluding hydrogens is 482 g/mol. The van der Waals surface area contributed by atoms with Crippen LogP contribution in [0.4, 0.5) is 5.13 Å². The summed E-state index contributed by atoms with van der Waals surface area (Å²) in [6.45, 7) is 3.12. The van der Waals surface area contributed by atoms with Gasteiger partial charge in [-0.25, -0.2) is 9.97 Å². The Labute approximate surface area is 195 Å². The van der Waals surface area contributed by atoms with E-state index in [1.54, 1.807) is 23.6 Å². The fourth-order valence-electron chi connectivity index (χ4n) is 4.29. The highest BCUT2D eigenvalue weighted by molar-refractivity contribution is 9.11. The van der Waals surface area contributed by atoms with E-state index in [2.05, 4.69) is 30.8 Å². The van der Waals surface area contributed by atoms with Crippen molar-refractivity contribution in [2.24, 2.45) is 0 Å². The van der Waals surface area contributed by atoms with Gasteiger partial charge in [-0.05, 0) is 41.6 Å². The van der Waals surface area contributed by atoms with Crippen molar-refractivity contribution in [3.63, 3.8) is 0 Å². The Hall–Kier alpha value is -1.12. The summed E-state index contributed by atoms with van der Waals surface area (Å²) in [5, 5.41) is 4.77. The number of aromatic nitrogens is 2. The van der Waals surface area contributed by atoms with E-state index in [1.807, 2.05) is 5.38 Å². The molecule has 0 N–H and O–H groups in total. The quantitative estimate of drug-likeness (QED) is 0.407. The highest BCUT2D eigenvalue weighted by Crippen LogP contribution is 2.35. The number of carbonyl (C=O) groups is 2. The lowest BCUT2D eigenvalue weighted by atomic mass is 9.89. The first-order valence-corrected chi connectivity index (χ1v) is 13.4. The zero-order valence-electron chi connectivity index (χ0n) is 17.7. The maximum absolute atomic E-state index is 11.6. The Morgan fingerprint density at radius 3 is 1.67 bits per heavy atom. The third-order valence-corrected chi connectivity index (χ3v) is 8.07. The first-order chi connectivity index (χ1) is 14.5. The molecule has 0 atom stereocenters. The normalized spacial score (nSPS) is 17.8. The standard InChI is InChI=1S/C17H26N2OS.C5H4BrNOS/c1-13(20)16-12-21-17(18-16)19(14-8-4-2-5-9-14)15-10-6-3-7-11-15;1-3(8)4-2-9-5(6)7-4/h12,14-15H,2-11H2,1H3;2H,1H3. The van der Waals surface area contributed by atoms with Crippen LogP contribution in [-0.2, 0) is 0 Å². The molecule has 2 aliphatic carbocycles. The zero-order valence-corrected chi connectivity index (χ0v) is 21.0. The van der Waals surface area contributed by atoms with Crippen molar-refractivity contribution in [2.75, 3.05) is 4.90 Å². The molecule has 2 saturated carbocycles. The molecule has 30 heavy (non-hydrogen) atoms. The van der Waals surface area contributed by atoms with Crippen LogP contribution < -0.4 is 4.90 Å². The molecule has 8 heteroatoms. The fourth-order valence-corrected chi connectivity index (χ4v) is 6.34. The molecule has 2 fully saturated rings. The molecular formula is C22H30BrN3O2S2. The van der Waals surface area contributed by atoms with Gasteiger partial charge in [0.1, 0.15) is 11.4 Å². The number of Topliss-reactive ketones (excluding diaryl/α,β-unsaturated/α-hetero) is 2. The van der Waals surface area contributed by atoms with Crippen LogP contribution in [-0.4, -0.2) is 33.6 Å². The van der Waals surface area contributed by atoms with Crippen LogP contribution in [0.3, 0.4) is 0 Å². The molecule has 0 amide bonds. The summed E-state index contributed by atoms with van der Waals surface area (Å²) in [5.41, 5.74) is 1.18. The molecule has 5 nitrogen and oxygen atoms in total. The number of hydrogen-bond donors (Lipinski definition) is 0. The molecule has 0 unspecified atom stereocenters. The average Bonchev–Trinajstić information content (AvgIpc) is 3.40. The number of ketones is 2. The van der Waals surface area contributed by atoms with E-state index >= 15 is 0 Å². The summed E-state index contributed by atoms with van der Waals surface area (Å²) in [6, 6.07) is 1.29. The summed E-state index contributed by atoms with van der Waals surface area (Å²) in [6.07, 6.45) is 13.3. The second-order valence-corrected chi connectivity index (χ2v) is 11.1. The lowest BCUT2D eigenvalue weighted by Gasteiger charge is -2.41. The van der Waals surface area contributed by atoms with Gasteiger partial charge >= 0.3 is 0 Å². The second kappa shape index (κ2) is 11.5. The molecule has 2 aromatic heterocycles. The van der Waals surface area contributed by atoms with E-state index in [1.165, 1.54) is 82.5 Å². The fraction of sp³-hybridized carbons (Fsp3) is 0.636. The number of hydrogen-bond acceptors (Lipinski definition) is 7. The maximum Gasteiger partial charge on any atom is 0.186 e. The molecule has 2 aromatic rings. The van der Waals surface area contributed by atoms with Gasteiger partial charge in [0.05, 0.1) is 0 Å². The summed E-state index contributed by atoms with van der Waals surface area (Å²) in [4.78, 5) is 33.3. The third kappa shape index (κ3) is 6.44. The van der Waals surface area contributed by atoms with E-state index < -0.39 is 0 Å². The number of carbonyl (C=O) groups excluding carboxylic acids is 2. The van der Waals surface area contributed by atoms with E-state index in [-0.39, 0.29) is 11.6 Å². The minimum Gasteiger partial charge on any atom is -0.342 e. The smallest absolute Gasteiger partial charge is 0.186 e. The van der Waals surface area contributed by atoms with Gasteiger partial charge in [0.2, 0.25) is 0 Å². The van der Waals surface area contributed by atoms with E-state index in [0.29, 0.717) is 23.5 Å². The van der Waals surface area contributed by atoms with Crippen LogP contribution in [0, 0.1) is 0 Å². The van der Waals surface area contributed by atoms with Crippen molar-refractivity contribution in [2.45, 2.75) is 90.1 Å². The minimum atomic E-state index is 0.0111. The molecule has 2 aliphatic rings. The predicted molar refractivity (Wildman–Crippen MR) is 128 cm³/mol. The Morgan fingerprint density at radius 2 is 1.30 bits per heavy atom. The van der Waals surface area contributed by atoms with Gasteiger partial charge in [0.25, 0.3) is 0 Å². The predicted octanol–water partition coefficient (Wildman–Crippen LogP) is 6.93. The van der Waals surface area contributed by atoms with Crippen LogP contribution >= 0.6 is 38.6 Å². The molecule has 0 saturated heterocycles. The summed E-state index contributed by atoms with van der Waals surface area (Å²) in [5.74, 6) is 0.0988. The molecule has 164 valence electrons. The van der Waals surface area contributed by atoms with Gasteiger partial charge in [-0.2, -0.15) is 0 Å². The Morgan fingerprint density at radius 1 is 0.833 bits per heavy atom. The van der Waals surface area contributed by atoms with E-state index in [9.17, 15) is 9.59 Å². The highest BCUT2D eigenvalue weighted by atomic mass is 79.9. The number of nitrogens with zero attached hydrogens (tertiary/aromatic N) is 3. The Bertz CT molecular complexity index is 821. The largest absolute Gasteiger partial charge is 0.342 e. The van der Waals surface area contributed by atoms with Crippen molar-refractivity contribution in [3.8, 4) is 0 Å². The van der Waals surface area contributed by atoms with Crippen molar-refractivity contribution in [1.82, 2.24) is 9.97 Å². The van der Waals surface area contributed by atoms with E-state index in [4.69, 9.17) is 0 Å². The topological polar surface area (TPSA) is 63.2 Å². The first kappa shape index (κ1) is 23.5. The SMILES string of the molecule is CC(=O)c1csc(Br)n1.CC(=O)c1csc(N(C2CCCCC2)C2CCCCC2)n1. The zero-order chi connectivity index (χ0) is 21.5. The van der Waals surface area contributed by atoms with Crippen LogP contribution in [0.2, 0.25) is 0 Å². The van der Waals surface area contributed by atoms with Gasteiger partial charge in [0.15, 0.2) is 20.6 Å². The summed E-state index contributed by atoms with van der Waals surface area (Å²) >= 11 is 6.24. The third-order valence-electron chi connectivity index (χ3n) is 5.85. The van der Waals surface area contributed by atoms with Crippen molar-refractivity contribution in [3.05, 3.63) is 26.1 Å². The molecule has 0 radical (unpaired) electrons. The first-order valence-electron chi connectivity index (χ1n) is 10.8. The maximum atomic E-state index is 11.6. The van der Waals surface area contributed by atoms with Gasteiger partial charge in [-0.15, -0.1) is 22.7 Å². The Balaban J connectivity index is 0.000000239. The average molecular weight is 513 g/mol. The lowest BCUT2D eigenvalue weighted by Crippen LogP contribution is -2.45. The monoisotopic (exact) mass is 511 g/mol. The number of thiazole rings is 2. The lowest BCUT2D eigenvalue weighted by molar-refractivity contribution is 0.100.